The number of halogens is 1. The van der Waals surface area contributed by atoms with Crippen LogP contribution < -0.4 is 16.4 Å². The van der Waals surface area contributed by atoms with Gasteiger partial charge in [-0.15, -0.1) is 0 Å². The van der Waals surface area contributed by atoms with Gasteiger partial charge in [0.15, 0.2) is 0 Å². The Balaban J connectivity index is 2.09. The third-order valence-electron chi connectivity index (χ3n) is 3.87. The van der Waals surface area contributed by atoms with Crippen LogP contribution in [0.3, 0.4) is 0 Å². The predicted molar refractivity (Wildman–Crippen MR) is 106 cm³/mol. The van der Waals surface area contributed by atoms with Crippen LogP contribution in [0.15, 0.2) is 48.5 Å². The molecule has 27 heavy (non-hydrogen) atoms. The van der Waals surface area contributed by atoms with Crippen molar-refractivity contribution in [2.45, 2.75) is 26.3 Å². The molecule has 4 N–H and O–H groups in total. The van der Waals surface area contributed by atoms with E-state index in [0.29, 0.717) is 28.3 Å². The number of nitrogens with one attached hydrogen (secondary N) is 2. The highest BCUT2D eigenvalue weighted by Crippen LogP contribution is 2.14. The summed E-state index contributed by atoms with van der Waals surface area (Å²) in [5, 5.41) is 6.05. The molecule has 0 fully saturated rings. The fourth-order valence-corrected chi connectivity index (χ4v) is 2.62. The van der Waals surface area contributed by atoms with E-state index in [1.165, 1.54) is 12.1 Å². The first-order valence-electron chi connectivity index (χ1n) is 8.53. The summed E-state index contributed by atoms with van der Waals surface area (Å²) in [7, 11) is 0. The maximum absolute atomic E-state index is 12.6. The van der Waals surface area contributed by atoms with Gasteiger partial charge in [0.2, 0.25) is 11.8 Å². The molecule has 0 spiro atoms. The van der Waals surface area contributed by atoms with Gasteiger partial charge in [0.05, 0.1) is 0 Å². The van der Waals surface area contributed by atoms with Crippen molar-refractivity contribution in [3.8, 4) is 0 Å². The van der Waals surface area contributed by atoms with Crippen molar-refractivity contribution in [3.05, 3.63) is 64.7 Å². The fraction of sp³-hybridized carbons (Fsp3) is 0.250. The molecule has 0 heterocycles. The number of rotatable bonds is 7. The molecule has 0 saturated heterocycles. The molecular weight excluding hydrogens is 366 g/mol. The molecule has 3 amide bonds. The largest absolute Gasteiger partial charge is 0.366 e. The van der Waals surface area contributed by atoms with Crippen molar-refractivity contribution >= 4 is 35.0 Å². The van der Waals surface area contributed by atoms with E-state index in [2.05, 4.69) is 10.6 Å². The zero-order valence-electron chi connectivity index (χ0n) is 15.2. The quantitative estimate of drug-likeness (QED) is 0.679. The average molecular weight is 388 g/mol. The maximum atomic E-state index is 12.6. The van der Waals surface area contributed by atoms with Crippen LogP contribution in [0.1, 0.15) is 41.0 Å². The van der Waals surface area contributed by atoms with Crippen LogP contribution in [-0.4, -0.2) is 23.8 Å². The number of carbonyl (C=O) groups excluding carboxylic acids is 3. The Labute approximate surface area is 163 Å². The summed E-state index contributed by atoms with van der Waals surface area (Å²) in [5.74, 6) is -1.03. The normalized spacial score (nSPS) is 11.7. The van der Waals surface area contributed by atoms with E-state index in [4.69, 9.17) is 17.3 Å². The van der Waals surface area contributed by atoms with Crippen LogP contribution >= 0.6 is 11.6 Å². The van der Waals surface area contributed by atoms with Gasteiger partial charge in [-0.05, 0) is 60.9 Å². The lowest BCUT2D eigenvalue weighted by Crippen LogP contribution is -2.44. The SMILES string of the molecule is CC(C)C[C@H](NC(=O)c1ccc(Cl)cc1)C(=O)Nc1ccc(C(N)=O)cc1. The van der Waals surface area contributed by atoms with Crippen LogP contribution in [0.5, 0.6) is 0 Å². The number of hydrogen-bond donors (Lipinski definition) is 3. The molecule has 142 valence electrons. The van der Waals surface area contributed by atoms with Crippen molar-refractivity contribution in [2.24, 2.45) is 11.7 Å². The number of carbonyl (C=O) groups is 3. The number of nitrogens with two attached hydrogens (primary N) is 1. The third-order valence-corrected chi connectivity index (χ3v) is 4.12. The van der Waals surface area contributed by atoms with E-state index >= 15 is 0 Å². The van der Waals surface area contributed by atoms with Crippen LogP contribution in [0.2, 0.25) is 5.02 Å². The second kappa shape index (κ2) is 9.19. The standard InChI is InChI=1S/C20H22ClN3O3/c1-12(2)11-17(24-19(26)14-3-7-15(21)8-4-14)20(27)23-16-9-5-13(6-10-16)18(22)25/h3-10,12,17H,11H2,1-2H3,(H2,22,25)(H,23,27)(H,24,26)/t17-/m0/s1. The van der Waals surface area contributed by atoms with Gasteiger partial charge in [0, 0.05) is 21.8 Å². The highest BCUT2D eigenvalue weighted by Gasteiger charge is 2.22. The van der Waals surface area contributed by atoms with Crippen LogP contribution in [0, 0.1) is 5.92 Å². The van der Waals surface area contributed by atoms with E-state index < -0.39 is 11.9 Å². The minimum absolute atomic E-state index is 0.198. The topological polar surface area (TPSA) is 101 Å². The average Bonchev–Trinajstić information content (AvgIpc) is 2.61. The first-order chi connectivity index (χ1) is 12.8. The molecule has 2 rings (SSSR count). The van der Waals surface area contributed by atoms with Gasteiger partial charge in [0.1, 0.15) is 6.04 Å². The summed E-state index contributed by atoms with van der Waals surface area (Å²) in [5.41, 5.74) is 6.49. The van der Waals surface area contributed by atoms with Gasteiger partial charge in [-0.25, -0.2) is 0 Å². The Kier molecular flexibility index (Phi) is 6.96. The summed E-state index contributed by atoms with van der Waals surface area (Å²) in [4.78, 5) is 36.2. The van der Waals surface area contributed by atoms with Gasteiger partial charge < -0.3 is 16.4 Å². The molecule has 7 heteroatoms. The minimum Gasteiger partial charge on any atom is -0.366 e. The van der Waals surface area contributed by atoms with Gasteiger partial charge >= 0.3 is 0 Å². The molecule has 0 bridgehead atoms. The molecule has 0 aliphatic heterocycles. The maximum Gasteiger partial charge on any atom is 0.251 e. The Morgan fingerprint density at radius 1 is 0.963 bits per heavy atom. The summed E-state index contributed by atoms with van der Waals surface area (Å²) in [6.07, 6.45) is 0.477. The van der Waals surface area contributed by atoms with E-state index in [1.54, 1.807) is 36.4 Å². The van der Waals surface area contributed by atoms with Crippen LogP contribution in [-0.2, 0) is 4.79 Å². The zero-order chi connectivity index (χ0) is 20.0. The minimum atomic E-state index is -0.705. The number of anilines is 1. The Hall–Kier alpha value is -2.86. The van der Waals surface area contributed by atoms with E-state index in [1.807, 2.05) is 13.8 Å². The van der Waals surface area contributed by atoms with Crippen molar-refractivity contribution in [1.29, 1.82) is 0 Å². The van der Waals surface area contributed by atoms with E-state index in [0.717, 1.165) is 0 Å². The molecule has 0 saturated carbocycles. The van der Waals surface area contributed by atoms with Gasteiger partial charge in [-0.2, -0.15) is 0 Å². The Bertz CT molecular complexity index is 817. The van der Waals surface area contributed by atoms with Gasteiger partial charge in [-0.3, -0.25) is 14.4 Å². The van der Waals surface area contributed by atoms with Crippen molar-refractivity contribution in [1.82, 2.24) is 5.32 Å². The number of primary amides is 1. The van der Waals surface area contributed by atoms with Gasteiger partial charge in [-0.1, -0.05) is 25.4 Å². The van der Waals surface area contributed by atoms with E-state index in [9.17, 15) is 14.4 Å². The number of benzene rings is 2. The molecule has 0 unspecified atom stereocenters. The predicted octanol–water partition coefficient (Wildman–Crippen LogP) is 3.22. The van der Waals surface area contributed by atoms with E-state index in [-0.39, 0.29) is 17.7 Å². The smallest absolute Gasteiger partial charge is 0.251 e. The first kappa shape index (κ1) is 20.5. The van der Waals surface area contributed by atoms with Crippen LogP contribution in [0.4, 0.5) is 5.69 Å². The lowest BCUT2D eigenvalue weighted by Gasteiger charge is -2.20. The van der Waals surface area contributed by atoms with Crippen LogP contribution in [0.25, 0.3) is 0 Å². The van der Waals surface area contributed by atoms with Gasteiger partial charge in [0.25, 0.3) is 5.91 Å². The van der Waals surface area contributed by atoms with Crippen molar-refractivity contribution in [3.63, 3.8) is 0 Å². The van der Waals surface area contributed by atoms with Crippen molar-refractivity contribution < 1.29 is 14.4 Å². The Morgan fingerprint density at radius 3 is 2.04 bits per heavy atom. The lowest BCUT2D eigenvalue weighted by molar-refractivity contribution is -0.118. The molecule has 0 aliphatic carbocycles. The number of hydrogen-bond acceptors (Lipinski definition) is 3. The third kappa shape index (κ3) is 6.11. The lowest BCUT2D eigenvalue weighted by atomic mass is 10.0. The highest BCUT2D eigenvalue weighted by molar-refractivity contribution is 6.30. The Morgan fingerprint density at radius 2 is 1.52 bits per heavy atom. The molecule has 2 aromatic carbocycles. The second-order valence-corrected chi connectivity index (χ2v) is 7.03. The van der Waals surface area contributed by atoms with Crippen molar-refractivity contribution in [2.75, 3.05) is 5.32 Å². The molecule has 0 aromatic heterocycles. The molecule has 0 aliphatic rings. The molecular formula is C20H22ClN3O3. The summed E-state index contributed by atoms with van der Waals surface area (Å²) < 4.78 is 0. The highest BCUT2D eigenvalue weighted by atomic mass is 35.5. The first-order valence-corrected chi connectivity index (χ1v) is 8.91. The molecule has 0 radical (unpaired) electrons. The molecule has 6 nitrogen and oxygen atoms in total. The summed E-state index contributed by atoms with van der Waals surface area (Å²) >= 11 is 5.84. The zero-order valence-corrected chi connectivity index (χ0v) is 15.9. The molecule has 1 atom stereocenters. The fourth-order valence-electron chi connectivity index (χ4n) is 2.49. The molecule has 2 aromatic rings. The second-order valence-electron chi connectivity index (χ2n) is 6.59. The number of amides is 3. The summed E-state index contributed by atoms with van der Waals surface area (Å²) in [6.45, 7) is 3.94. The summed E-state index contributed by atoms with van der Waals surface area (Å²) in [6, 6.07) is 12.0. The monoisotopic (exact) mass is 387 g/mol.